The zero-order chi connectivity index (χ0) is 12.1. The van der Waals surface area contributed by atoms with E-state index in [4.69, 9.17) is 10.3 Å². The molecule has 2 aliphatic carbocycles. The molecule has 3 unspecified atom stereocenters. The summed E-state index contributed by atoms with van der Waals surface area (Å²) in [7, 11) is 0. The Kier molecular flexibility index (Phi) is 2.27. The first-order valence-corrected chi connectivity index (χ1v) is 7.50. The van der Waals surface area contributed by atoms with Gasteiger partial charge in [0.25, 0.3) is 0 Å². The SMILES string of the molecule is Nc1noc(C2CC3CCC2C3)c1-c1cccs1. The minimum Gasteiger partial charge on any atom is -0.380 e. The standard InChI is InChI=1S/C14H16N2OS/c15-14-12(11-2-1-5-18-11)13(17-16-14)10-7-8-3-4-9(10)6-8/h1-2,5,8-10H,3-4,6-7H2,(H2,15,16). The van der Waals surface area contributed by atoms with E-state index in [0.717, 1.165) is 23.2 Å². The third-order valence-electron chi connectivity index (χ3n) is 4.59. The van der Waals surface area contributed by atoms with Crippen molar-refractivity contribution in [3.05, 3.63) is 23.3 Å². The molecule has 0 amide bonds. The average molecular weight is 260 g/mol. The predicted molar refractivity (Wildman–Crippen MR) is 72.4 cm³/mol. The molecule has 2 aromatic rings. The normalized spacial score (nSPS) is 30.1. The number of nitrogens with zero attached hydrogens (tertiary/aromatic N) is 1. The van der Waals surface area contributed by atoms with Crippen LogP contribution in [0.15, 0.2) is 22.0 Å². The zero-order valence-electron chi connectivity index (χ0n) is 10.1. The molecule has 2 bridgehead atoms. The monoisotopic (exact) mass is 260 g/mol. The lowest BCUT2D eigenvalue weighted by molar-refractivity contribution is 0.312. The summed E-state index contributed by atoms with van der Waals surface area (Å²) in [6, 6.07) is 4.15. The number of anilines is 1. The number of hydrogen-bond donors (Lipinski definition) is 1. The number of nitrogens with two attached hydrogens (primary N) is 1. The van der Waals surface area contributed by atoms with Crippen LogP contribution in [0.1, 0.15) is 37.4 Å². The van der Waals surface area contributed by atoms with Gasteiger partial charge >= 0.3 is 0 Å². The van der Waals surface area contributed by atoms with Crippen LogP contribution in [-0.2, 0) is 0 Å². The molecule has 3 nitrogen and oxygen atoms in total. The molecule has 0 aromatic carbocycles. The van der Waals surface area contributed by atoms with Crippen molar-refractivity contribution in [2.24, 2.45) is 11.8 Å². The lowest BCUT2D eigenvalue weighted by Gasteiger charge is -2.19. The number of aromatic nitrogens is 1. The summed E-state index contributed by atoms with van der Waals surface area (Å²) < 4.78 is 5.59. The van der Waals surface area contributed by atoms with Crippen molar-refractivity contribution < 1.29 is 4.52 Å². The maximum absolute atomic E-state index is 6.00. The number of nitrogen functional groups attached to an aromatic ring is 1. The summed E-state index contributed by atoms with van der Waals surface area (Å²) >= 11 is 1.71. The first-order chi connectivity index (χ1) is 8.83. The lowest BCUT2D eigenvalue weighted by Crippen LogP contribution is -2.08. The summed E-state index contributed by atoms with van der Waals surface area (Å²) in [5.74, 6) is 3.84. The Morgan fingerprint density at radius 1 is 1.33 bits per heavy atom. The maximum Gasteiger partial charge on any atom is 0.175 e. The van der Waals surface area contributed by atoms with Crippen molar-refractivity contribution in [2.45, 2.75) is 31.6 Å². The molecule has 2 N–H and O–H groups in total. The van der Waals surface area contributed by atoms with Crippen LogP contribution in [0.4, 0.5) is 5.82 Å². The lowest BCUT2D eigenvalue weighted by atomic mass is 9.85. The first kappa shape index (κ1) is 10.6. The van der Waals surface area contributed by atoms with Crippen molar-refractivity contribution in [3.8, 4) is 10.4 Å². The van der Waals surface area contributed by atoms with E-state index in [1.165, 1.54) is 30.6 Å². The Labute approximate surface area is 110 Å². The van der Waals surface area contributed by atoms with Crippen LogP contribution in [-0.4, -0.2) is 5.16 Å². The highest BCUT2D eigenvalue weighted by molar-refractivity contribution is 7.13. The first-order valence-electron chi connectivity index (χ1n) is 6.62. The second-order valence-electron chi connectivity index (χ2n) is 5.57. The highest BCUT2D eigenvalue weighted by Crippen LogP contribution is 2.55. The third-order valence-corrected chi connectivity index (χ3v) is 5.47. The van der Waals surface area contributed by atoms with Crippen LogP contribution in [0.5, 0.6) is 0 Å². The second-order valence-corrected chi connectivity index (χ2v) is 6.51. The summed E-state index contributed by atoms with van der Waals surface area (Å²) in [5, 5.41) is 6.09. The fourth-order valence-corrected chi connectivity index (χ4v) is 4.59. The molecule has 4 rings (SSSR count). The summed E-state index contributed by atoms with van der Waals surface area (Å²) in [6.07, 6.45) is 5.38. The molecule has 2 aromatic heterocycles. The van der Waals surface area contributed by atoms with Gasteiger partial charge in [0.1, 0.15) is 0 Å². The van der Waals surface area contributed by atoms with E-state index in [1.54, 1.807) is 11.3 Å². The topological polar surface area (TPSA) is 52.0 Å². The van der Waals surface area contributed by atoms with Crippen molar-refractivity contribution in [3.63, 3.8) is 0 Å². The Morgan fingerprint density at radius 2 is 2.28 bits per heavy atom. The Morgan fingerprint density at radius 3 is 2.94 bits per heavy atom. The van der Waals surface area contributed by atoms with Gasteiger partial charge in [-0.3, -0.25) is 0 Å². The molecule has 2 fully saturated rings. The van der Waals surface area contributed by atoms with Gasteiger partial charge in [0, 0.05) is 10.8 Å². The summed E-state index contributed by atoms with van der Waals surface area (Å²) in [4.78, 5) is 1.19. The molecule has 0 saturated heterocycles. The molecule has 2 heterocycles. The Hall–Kier alpha value is -1.29. The number of fused-ring (bicyclic) bond motifs is 2. The fourth-order valence-electron chi connectivity index (χ4n) is 3.80. The van der Waals surface area contributed by atoms with Gasteiger partial charge in [0.05, 0.1) is 5.56 Å². The van der Waals surface area contributed by atoms with Gasteiger partial charge in [-0.2, -0.15) is 0 Å². The van der Waals surface area contributed by atoms with Crippen LogP contribution < -0.4 is 5.73 Å². The van der Waals surface area contributed by atoms with E-state index < -0.39 is 0 Å². The molecule has 94 valence electrons. The van der Waals surface area contributed by atoms with E-state index in [0.29, 0.717) is 11.7 Å². The van der Waals surface area contributed by atoms with Crippen LogP contribution in [0.3, 0.4) is 0 Å². The minimum atomic E-state index is 0.547. The zero-order valence-corrected chi connectivity index (χ0v) is 11.0. The minimum absolute atomic E-state index is 0.547. The summed E-state index contributed by atoms with van der Waals surface area (Å²) in [6.45, 7) is 0. The number of hydrogen-bond acceptors (Lipinski definition) is 4. The van der Waals surface area contributed by atoms with Gasteiger partial charge in [-0.1, -0.05) is 17.6 Å². The van der Waals surface area contributed by atoms with Crippen molar-refractivity contribution in [1.29, 1.82) is 0 Å². The van der Waals surface area contributed by atoms with Gasteiger partial charge in [-0.25, -0.2) is 0 Å². The van der Waals surface area contributed by atoms with Gasteiger partial charge in [-0.15, -0.1) is 11.3 Å². The summed E-state index contributed by atoms with van der Waals surface area (Å²) in [5.41, 5.74) is 7.06. The van der Waals surface area contributed by atoms with Crippen LogP contribution in [0, 0.1) is 11.8 Å². The van der Waals surface area contributed by atoms with Crippen LogP contribution >= 0.6 is 11.3 Å². The van der Waals surface area contributed by atoms with E-state index >= 15 is 0 Å². The van der Waals surface area contributed by atoms with E-state index in [1.807, 2.05) is 0 Å². The third kappa shape index (κ3) is 1.45. The van der Waals surface area contributed by atoms with Crippen molar-refractivity contribution in [1.82, 2.24) is 5.16 Å². The molecular formula is C14H16N2OS. The van der Waals surface area contributed by atoms with E-state index in [2.05, 4.69) is 22.7 Å². The van der Waals surface area contributed by atoms with Crippen molar-refractivity contribution >= 4 is 17.2 Å². The average Bonchev–Trinajstić information content (AvgIpc) is 3.12. The van der Waals surface area contributed by atoms with Gasteiger partial charge in [0.2, 0.25) is 0 Å². The Balaban J connectivity index is 1.78. The molecule has 2 aliphatic rings. The highest BCUT2D eigenvalue weighted by atomic mass is 32.1. The van der Waals surface area contributed by atoms with Crippen LogP contribution in [0.2, 0.25) is 0 Å². The predicted octanol–water partition coefficient (Wildman–Crippen LogP) is 3.89. The van der Waals surface area contributed by atoms with E-state index in [-0.39, 0.29) is 0 Å². The molecule has 4 heteroatoms. The maximum atomic E-state index is 6.00. The molecule has 0 spiro atoms. The van der Waals surface area contributed by atoms with Gasteiger partial charge in [-0.05, 0) is 42.5 Å². The fraction of sp³-hybridized carbons (Fsp3) is 0.500. The number of thiophene rings is 1. The molecule has 0 aliphatic heterocycles. The van der Waals surface area contributed by atoms with Crippen LogP contribution in [0.25, 0.3) is 10.4 Å². The molecule has 3 atom stereocenters. The van der Waals surface area contributed by atoms with Crippen molar-refractivity contribution in [2.75, 3.05) is 5.73 Å². The van der Waals surface area contributed by atoms with E-state index in [9.17, 15) is 0 Å². The quantitative estimate of drug-likeness (QED) is 0.891. The second kappa shape index (κ2) is 3.85. The largest absolute Gasteiger partial charge is 0.380 e. The molecule has 0 radical (unpaired) electrons. The molecule has 18 heavy (non-hydrogen) atoms. The molecular weight excluding hydrogens is 244 g/mol. The van der Waals surface area contributed by atoms with Gasteiger partial charge < -0.3 is 10.3 Å². The highest BCUT2D eigenvalue weighted by Gasteiger charge is 2.43. The molecule has 2 saturated carbocycles. The Bertz CT molecular complexity index is 560. The van der Waals surface area contributed by atoms with Gasteiger partial charge in [0.15, 0.2) is 11.6 Å². The number of rotatable bonds is 2. The smallest absolute Gasteiger partial charge is 0.175 e.